The van der Waals surface area contributed by atoms with Gasteiger partial charge in [0.2, 0.25) is 0 Å². The Balaban J connectivity index is 2.97. The van der Waals surface area contributed by atoms with Crippen LogP contribution in [0.15, 0.2) is 18.2 Å². The molecule has 1 aromatic rings. The molecule has 1 N–H and O–H groups in total. The van der Waals surface area contributed by atoms with Gasteiger partial charge in [-0.25, -0.2) is 4.39 Å². The maximum Gasteiger partial charge on any atom is 0.403 e. The summed E-state index contributed by atoms with van der Waals surface area (Å²) in [7, 11) is 1.15. The van der Waals surface area contributed by atoms with Crippen molar-refractivity contribution < 1.29 is 40.6 Å². The molecule has 0 aliphatic carbocycles. The molecule has 0 bridgehead atoms. The second-order valence-electron chi connectivity index (χ2n) is 4.30. The Morgan fingerprint density at radius 2 is 1.62 bits per heavy atom. The van der Waals surface area contributed by atoms with E-state index in [0.29, 0.717) is 6.07 Å². The molecule has 120 valence electrons. The van der Waals surface area contributed by atoms with Crippen LogP contribution in [0.2, 0.25) is 0 Å². The summed E-state index contributed by atoms with van der Waals surface area (Å²) in [6, 6.07) is 2.84. The molecule has 0 aliphatic rings. The minimum absolute atomic E-state index is 0.209. The second kappa shape index (κ2) is 6.08. The molecule has 0 spiro atoms. The first-order chi connectivity index (χ1) is 9.46. The zero-order valence-electron chi connectivity index (χ0n) is 10.6. The van der Waals surface area contributed by atoms with E-state index in [-0.39, 0.29) is 11.3 Å². The van der Waals surface area contributed by atoms with Gasteiger partial charge in [-0.05, 0) is 24.1 Å². The quantitative estimate of drug-likeness (QED) is 0.861. The third kappa shape index (κ3) is 4.48. The molecule has 9 heteroatoms. The minimum Gasteiger partial charge on any atom is -0.494 e. The number of alkyl halides is 6. The van der Waals surface area contributed by atoms with E-state index < -0.39 is 36.6 Å². The number of benzene rings is 1. The average molecular weight is 320 g/mol. The summed E-state index contributed by atoms with van der Waals surface area (Å²) in [5, 5.41) is 9.26. The fourth-order valence-corrected chi connectivity index (χ4v) is 1.82. The zero-order valence-corrected chi connectivity index (χ0v) is 10.6. The monoisotopic (exact) mass is 320 g/mol. The Morgan fingerprint density at radius 1 is 1.10 bits per heavy atom. The molecule has 0 fully saturated rings. The highest BCUT2D eigenvalue weighted by Crippen LogP contribution is 2.42. The van der Waals surface area contributed by atoms with Crippen LogP contribution in [-0.4, -0.2) is 30.7 Å². The highest BCUT2D eigenvalue weighted by Gasteiger charge is 2.59. The highest BCUT2D eigenvalue weighted by molar-refractivity contribution is 5.29. The summed E-state index contributed by atoms with van der Waals surface area (Å²) < 4.78 is 92.2. The van der Waals surface area contributed by atoms with Crippen LogP contribution in [0.5, 0.6) is 5.75 Å². The van der Waals surface area contributed by atoms with Gasteiger partial charge in [0, 0.05) is 0 Å². The van der Waals surface area contributed by atoms with Crippen LogP contribution in [0.3, 0.4) is 0 Å². The van der Waals surface area contributed by atoms with E-state index in [1.165, 1.54) is 0 Å². The van der Waals surface area contributed by atoms with Crippen molar-refractivity contribution in [2.75, 3.05) is 7.11 Å². The minimum atomic E-state index is -5.65. The first kappa shape index (κ1) is 17.5. The van der Waals surface area contributed by atoms with Crippen molar-refractivity contribution in [2.45, 2.75) is 24.9 Å². The SMILES string of the molecule is COc1ccc(CC(O)C(C(F)(F)F)C(F)(F)F)cc1F. The van der Waals surface area contributed by atoms with Crippen molar-refractivity contribution in [3.8, 4) is 5.75 Å². The third-order valence-electron chi connectivity index (χ3n) is 2.75. The summed E-state index contributed by atoms with van der Waals surface area (Å²) in [5.74, 6) is -5.05. The Labute approximate surface area is 115 Å². The Kier molecular flexibility index (Phi) is 5.08. The van der Waals surface area contributed by atoms with Crippen LogP contribution in [0.4, 0.5) is 30.7 Å². The van der Waals surface area contributed by atoms with Crippen LogP contribution in [-0.2, 0) is 6.42 Å². The second-order valence-corrected chi connectivity index (χ2v) is 4.30. The zero-order chi connectivity index (χ0) is 16.4. The molecule has 1 aromatic carbocycles. The molecule has 0 amide bonds. The van der Waals surface area contributed by atoms with Gasteiger partial charge >= 0.3 is 12.4 Å². The summed E-state index contributed by atoms with van der Waals surface area (Å²) in [4.78, 5) is 0. The topological polar surface area (TPSA) is 29.5 Å². The predicted octanol–water partition coefficient (Wildman–Crippen LogP) is 3.48. The van der Waals surface area contributed by atoms with Crippen molar-refractivity contribution in [3.05, 3.63) is 29.6 Å². The lowest BCUT2D eigenvalue weighted by molar-refractivity contribution is -0.305. The largest absolute Gasteiger partial charge is 0.494 e. The molecule has 0 aliphatic heterocycles. The summed E-state index contributed by atoms with van der Waals surface area (Å²) in [6.45, 7) is 0. The van der Waals surface area contributed by atoms with Crippen molar-refractivity contribution in [1.29, 1.82) is 0 Å². The molecular weight excluding hydrogens is 309 g/mol. The Bertz CT molecular complexity index is 467. The number of aliphatic hydroxyl groups excluding tert-OH is 1. The maximum absolute atomic E-state index is 13.3. The van der Waals surface area contributed by atoms with Crippen LogP contribution in [0.1, 0.15) is 5.56 Å². The van der Waals surface area contributed by atoms with E-state index in [2.05, 4.69) is 4.74 Å². The van der Waals surface area contributed by atoms with E-state index in [1.807, 2.05) is 0 Å². The van der Waals surface area contributed by atoms with Gasteiger partial charge < -0.3 is 9.84 Å². The van der Waals surface area contributed by atoms with Crippen LogP contribution in [0.25, 0.3) is 0 Å². The van der Waals surface area contributed by atoms with Gasteiger partial charge in [-0.2, -0.15) is 26.3 Å². The molecule has 0 aromatic heterocycles. The fourth-order valence-electron chi connectivity index (χ4n) is 1.82. The fraction of sp³-hybridized carbons (Fsp3) is 0.500. The molecule has 2 nitrogen and oxygen atoms in total. The first-order valence-corrected chi connectivity index (χ1v) is 5.60. The lowest BCUT2D eigenvalue weighted by Crippen LogP contribution is -2.45. The van der Waals surface area contributed by atoms with Gasteiger partial charge in [-0.1, -0.05) is 6.07 Å². The van der Waals surface area contributed by atoms with Crippen LogP contribution >= 0.6 is 0 Å². The molecule has 0 saturated heterocycles. The van der Waals surface area contributed by atoms with Crippen molar-refractivity contribution >= 4 is 0 Å². The predicted molar refractivity (Wildman–Crippen MR) is 58.3 cm³/mol. The van der Waals surface area contributed by atoms with Crippen molar-refractivity contribution in [3.63, 3.8) is 0 Å². The number of aliphatic hydroxyl groups is 1. The van der Waals surface area contributed by atoms with Gasteiger partial charge in [-0.15, -0.1) is 0 Å². The molecule has 0 heterocycles. The van der Waals surface area contributed by atoms with Crippen molar-refractivity contribution in [2.24, 2.45) is 5.92 Å². The van der Waals surface area contributed by atoms with Gasteiger partial charge in [0.05, 0.1) is 13.2 Å². The number of hydrogen-bond acceptors (Lipinski definition) is 2. The molecule has 21 heavy (non-hydrogen) atoms. The standard InChI is InChI=1S/C12H11F7O2/c1-21-9-3-2-6(4-7(9)13)5-8(20)10(11(14,15)16)12(17,18)19/h2-4,8,10,20H,5H2,1H3. The van der Waals surface area contributed by atoms with E-state index in [4.69, 9.17) is 0 Å². The Morgan fingerprint density at radius 3 is 2.00 bits per heavy atom. The normalized spacial score (nSPS) is 14.4. The van der Waals surface area contributed by atoms with E-state index in [0.717, 1.165) is 19.2 Å². The number of hydrogen-bond donors (Lipinski definition) is 1. The lowest BCUT2D eigenvalue weighted by atomic mass is 9.95. The van der Waals surface area contributed by atoms with E-state index in [1.54, 1.807) is 0 Å². The molecule has 0 saturated carbocycles. The maximum atomic E-state index is 13.3. The number of ether oxygens (including phenoxy) is 1. The number of halogens is 7. The van der Waals surface area contributed by atoms with E-state index in [9.17, 15) is 35.8 Å². The van der Waals surface area contributed by atoms with Crippen LogP contribution < -0.4 is 4.74 Å². The first-order valence-electron chi connectivity index (χ1n) is 5.60. The third-order valence-corrected chi connectivity index (χ3v) is 2.75. The van der Waals surface area contributed by atoms with E-state index >= 15 is 0 Å². The van der Waals surface area contributed by atoms with Crippen molar-refractivity contribution in [1.82, 2.24) is 0 Å². The summed E-state index contributed by atoms with van der Waals surface area (Å²) >= 11 is 0. The molecule has 0 radical (unpaired) electrons. The number of methoxy groups -OCH3 is 1. The van der Waals surface area contributed by atoms with Crippen LogP contribution in [0, 0.1) is 11.7 Å². The van der Waals surface area contributed by atoms with Gasteiger partial charge in [0.25, 0.3) is 0 Å². The number of rotatable bonds is 4. The average Bonchev–Trinajstić information content (AvgIpc) is 2.24. The molecule has 1 atom stereocenters. The lowest BCUT2D eigenvalue weighted by Gasteiger charge is -2.27. The highest BCUT2D eigenvalue weighted by atomic mass is 19.4. The van der Waals surface area contributed by atoms with Gasteiger partial charge in [-0.3, -0.25) is 0 Å². The summed E-state index contributed by atoms with van der Waals surface area (Å²) in [5.41, 5.74) is -0.209. The summed E-state index contributed by atoms with van der Waals surface area (Å²) in [6.07, 6.45) is -15.1. The smallest absolute Gasteiger partial charge is 0.403 e. The molecular formula is C12H11F7O2. The van der Waals surface area contributed by atoms with Gasteiger partial charge in [0.1, 0.15) is 0 Å². The Hall–Kier alpha value is -1.51. The molecule has 1 rings (SSSR count). The van der Waals surface area contributed by atoms with Gasteiger partial charge in [0.15, 0.2) is 17.5 Å². The molecule has 1 unspecified atom stereocenters.